The molecular weight excluding hydrogens is 386 g/mol. The Balaban J connectivity index is 1.75. The van der Waals surface area contributed by atoms with E-state index < -0.39 is 0 Å². The molecule has 0 spiro atoms. The molecular formula is C21H23N5O2S. The van der Waals surface area contributed by atoms with Gasteiger partial charge in [-0.3, -0.25) is 19.3 Å². The summed E-state index contributed by atoms with van der Waals surface area (Å²) in [6.07, 6.45) is 0. The predicted octanol–water partition coefficient (Wildman–Crippen LogP) is 4.15. The minimum Gasteiger partial charge on any atom is -0.326 e. The molecule has 3 aromatic rings. The smallest absolute Gasteiger partial charge is 0.244 e. The molecule has 2 aromatic carbocycles. The zero-order valence-electron chi connectivity index (χ0n) is 16.5. The summed E-state index contributed by atoms with van der Waals surface area (Å²) in [5.41, 5.74) is 3.18. The van der Waals surface area contributed by atoms with Gasteiger partial charge in [0.25, 0.3) is 0 Å². The molecule has 0 saturated heterocycles. The molecule has 7 nitrogen and oxygen atoms in total. The van der Waals surface area contributed by atoms with Crippen molar-refractivity contribution >= 4 is 35.4 Å². The van der Waals surface area contributed by atoms with E-state index in [0.29, 0.717) is 22.0 Å². The third-order valence-electron chi connectivity index (χ3n) is 4.27. The minimum atomic E-state index is -0.247. The Morgan fingerprint density at radius 3 is 2.48 bits per heavy atom. The van der Waals surface area contributed by atoms with Crippen molar-refractivity contribution in [3.05, 3.63) is 58.9 Å². The molecule has 0 saturated carbocycles. The van der Waals surface area contributed by atoms with E-state index in [2.05, 4.69) is 20.8 Å². The van der Waals surface area contributed by atoms with E-state index >= 15 is 0 Å². The van der Waals surface area contributed by atoms with Gasteiger partial charge in [-0.25, -0.2) is 0 Å². The molecule has 0 bridgehead atoms. The summed E-state index contributed by atoms with van der Waals surface area (Å²) in [5, 5.41) is 12.7. The van der Waals surface area contributed by atoms with Gasteiger partial charge < -0.3 is 10.6 Å². The number of rotatable bonds is 6. The number of nitrogens with one attached hydrogen (secondary N) is 3. The predicted molar refractivity (Wildman–Crippen MR) is 116 cm³/mol. The van der Waals surface area contributed by atoms with E-state index in [-0.39, 0.29) is 24.3 Å². The van der Waals surface area contributed by atoms with Gasteiger partial charge in [-0.1, -0.05) is 43.7 Å². The summed E-state index contributed by atoms with van der Waals surface area (Å²) in [7, 11) is 0. The van der Waals surface area contributed by atoms with E-state index in [4.69, 9.17) is 12.2 Å². The summed E-state index contributed by atoms with van der Waals surface area (Å²) >= 11 is 5.30. The highest BCUT2D eigenvalue weighted by Crippen LogP contribution is 2.19. The van der Waals surface area contributed by atoms with Crippen LogP contribution in [0.25, 0.3) is 11.4 Å². The summed E-state index contributed by atoms with van der Waals surface area (Å²) in [5.74, 6) is 0.146. The third kappa shape index (κ3) is 5.17. The van der Waals surface area contributed by atoms with Crippen molar-refractivity contribution in [1.82, 2.24) is 14.8 Å². The molecule has 1 aromatic heterocycles. The highest BCUT2D eigenvalue weighted by molar-refractivity contribution is 7.71. The van der Waals surface area contributed by atoms with Gasteiger partial charge in [0, 0.05) is 22.9 Å². The second-order valence-corrected chi connectivity index (χ2v) is 7.47. The fraction of sp³-hybridized carbons (Fsp3) is 0.238. The molecule has 0 fully saturated rings. The van der Waals surface area contributed by atoms with Gasteiger partial charge in [0.1, 0.15) is 6.54 Å². The highest BCUT2D eigenvalue weighted by Gasteiger charge is 2.13. The first kappa shape index (κ1) is 20.5. The second-order valence-electron chi connectivity index (χ2n) is 7.08. The van der Waals surface area contributed by atoms with Crippen molar-refractivity contribution in [3.8, 4) is 11.4 Å². The molecule has 0 aliphatic heterocycles. The number of nitrogens with zero attached hydrogens (tertiary/aromatic N) is 2. The largest absolute Gasteiger partial charge is 0.326 e. The van der Waals surface area contributed by atoms with Gasteiger partial charge in [-0.2, -0.15) is 5.10 Å². The molecule has 1 heterocycles. The number of amides is 2. The monoisotopic (exact) mass is 409 g/mol. The number of hydrogen-bond donors (Lipinski definition) is 3. The Bertz CT molecular complexity index is 1100. The minimum absolute atomic E-state index is 0.0151. The van der Waals surface area contributed by atoms with Crippen molar-refractivity contribution in [2.24, 2.45) is 5.92 Å². The molecule has 0 atom stereocenters. The zero-order chi connectivity index (χ0) is 21.0. The summed E-state index contributed by atoms with van der Waals surface area (Å²) in [6, 6.07) is 14.9. The molecule has 2 amide bonds. The molecule has 0 aliphatic rings. The highest BCUT2D eigenvalue weighted by atomic mass is 32.1. The lowest BCUT2D eigenvalue weighted by Crippen LogP contribution is -2.20. The average Bonchev–Trinajstić information content (AvgIpc) is 3.02. The number of hydrogen-bond acceptors (Lipinski definition) is 4. The van der Waals surface area contributed by atoms with Crippen LogP contribution in [0.5, 0.6) is 0 Å². The first-order valence-electron chi connectivity index (χ1n) is 9.26. The maximum atomic E-state index is 12.6. The topological polar surface area (TPSA) is 91.8 Å². The van der Waals surface area contributed by atoms with Crippen LogP contribution in [0, 0.1) is 17.6 Å². The Morgan fingerprint density at radius 2 is 1.79 bits per heavy atom. The molecule has 150 valence electrons. The van der Waals surface area contributed by atoms with E-state index in [1.807, 2.05) is 45.0 Å². The van der Waals surface area contributed by atoms with Crippen LogP contribution in [0.2, 0.25) is 0 Å². The lowest BCUT2D eigenvalue weighted by atomic mass is 10.1. The second kappa shape index (κ2) is 8.83. The SMILES string of the molecule is Cc1cccc(-c2n[nH]c(=S)n2CC(=O)Nc2cccc(NC(=O)C(C)C)c2)c1. The molecule has 3 N–H and O–H groups in total. The van der Waals surface area contributed by atoms with Gasteiger partial charge >= 0.3 is 0 Å². The maximum absolute atomic E-state index is 12.6. The zero-order valence-corrected chi connectivity index (χ0v) is 17.3. The Hall–Kier alpha value is -3.26. The van der Waals surface area contributed by atoms with E-state index in [1.165, 1.54) is 0 Å². The average molecular weight is 410 g/mol. The molecule has 3 rings (SSSR count). The van der Waals surface area contributed by atoms with E-state index in [0.717, 1.165) is 11.1 Å². The van der Waals surface area contributed by atoms with Crippen LogP contribution >= 0.6 is 12.2 Å². The Kier molecular flexibility index (Phi) is 6.23. The molecule has 0 unspecified atom stereocenters. The Morgan fingerprint density at radius 1 is 1.10 bits per heavy atom. The van der Waals surface area contributed by atoms with Crippen molar-refractivity contribution in [2.75, 3.05) is 10.6 Å². The maximum Gasteiger partial charge on any atom is 0.244 e. The molecule has 0 radical (unpaired) electrons. The lowest BCUT2D eigenvalue weighted by molar-refractivity contribution is -0.119. The summed E-state index contributed by atoms with van der Waals surface area (Å²) < 4.78 is 2.03. The summed E-state index contributed by atoms with van der Waals surface area (Å²) in [6.45, 7) is 5.65. The molecule has 0 aliphatic carbocycles. The Labute approximate surface area is 174 Å². The van der Waals surface area contributed by atoms with Gasteiger partial charge in [-0.15, -0.1) is 0 Å². The van der Waals surface area contributed by atoms with Gasteiger partial charge in [0.2, 0.25) is 11.8 Å². The van der Waals surface area contributed by atoms with Gasteiger partial charge in [0.15, 0.2) is 10.6 Å². The van der Waals surface area contributed by atoms with Crippen LogP contribution in [0.4, 0.5) is 11.4 Å². The number of carbonyl (C=O) groups excluding carboxylic acids is 2. The van der Waals surface area contributed by atoms with Crippen LogP contribution in [-0.2, 0) is 16.1 Å². The number of anilines is 2. The normalized spacial score (nSPS) is 10.8. The lowest BCUT2D eigenvalue weighted by Gasteiger charge is -2.11. The number of aryl methyl sites for hydroxylation is 1. The van der Waals surface area contributed by atoms with Gasteiger partial charge in [-0.05, 0) is 43.4 Å². The number of H-pyrrole nitrogens is 1. The number of aromatic nitrogens is 3. The summed E-state index contributed by atoms with van der Waals surface area (Å²) in [4.78, 5) is 24.5. The quantitative estimate of drug-likeness (QED) is 0.533. The number of aromatic amines is 1. The van der Waals surface area contributed by atoms with Crippen molar-refractivity contribution in [1.29, 1.82) is 0 Å². The van der Waals surface area contributed by atoms with Crippen LogP contribution in [0.1, 0.15) is 19.4 Å². The van der Waals surface area contributed by atoms with E-state index in [9.17, 15) is 9.59 Å². The van der Waals surface area contributed by atoms with Crippen molar-refractivity contribution in [2.45, 2.75) is 27.3 Å². The first-order chi connectivity index (χ1) is 13.8. The third-order valence-corrected chi connectivity index (χ3v) is 4.59. The first-order valence-corrected chi connectivity index (χ1v) is 9.67. The number of benzene rings is 2. The van der Waals surface area contributed by atoms with Crippen LogP contribution in [-0.4, -0.2) is 26.6 Å². The molecule has 8 heteroatoms. The van der Waals surface area contributed by atoms with Gasteiger partial charge in [0.05, 0.1) is 0 Å². The van der Waals surface area contributed by atoms with Crippen LogP contribution in [0.15, 0.2) is 48.5 Å². The standard InChI is InChI=1S/C21H23N5O2S/c1-13(2)20(28)23-17-9-5-8-16(11-17)22-18(27)12-26-19(24-25-21(26)29)15-7-4-6-14(3)10-15/h4-11,13H,12H2,1-3H3,(H,22,27)(H,23,28)(H,25,29). The molecule has 29 heavy (non-hydrogen) atoms. The fourth-order valence-electron chi connectivity index (χ4n) is 2.77. The van der Waals surface area contributed by atoms with Crippen LogP contribution < -0.4 is 10.6 Å². The van der Waals surface area contributed by atoms with Crippen molar-refractivity contribution < 1.29 is 9.59 Å². The van der Waals surface area contributed by atoms with Crippen LogP contribution in [0.3, 0.4) is 0 Å². The van der Waals surface area contributed by atoms with E-state index in [1.54, 1.807) is 28.8 Å². The fourth-order valence-corrected chi connectivity index (χ4v) is 2.97. The number of carbonyl (C=O) groups is 2. The van der Waals surface area contributed by atoms with Crippen molar-refractivity contribution in [3.63, 3.8) is 0 Å².